The van der Waals surface area contributed by atoms with Gasteiger partial charge in [0, 0.05) is 26.7 Å². The predicted molar refractivity (Wildman–Crippen MR) is 46.4 cm³/mol. The Morgan fingerprint density at radius 1 is 0.938 bits per heavy atom. The number of rotatable bonds is 0. The number of ether oxygens (including phenoxy) is 1. The van der Waals surface area contributed by atoms with E-state index in [1.54, 1.807) is 0 Å². The molecule has 0 rings (SSSR count). The molecule has 0 amide bonds. The van der Waals surface area contributed by atoms with Gasteiger partial charge in [-0.25, -0.2) is 0 Å². The first-order valence-corrected chi connectivity index (χ1v) is 3.65. The van der Waals surface area contributed by atoms with E-state index in [0.29, 0.717) is 0 Å². The molecule has 0 saturated carbocycles. The maximum absolute atomic E-state index is 9.81. The van der Waals surface area contributed by atoms with Crippen LogP contribution in [0.3, 0.4) is 0 Å². The Labute approximate surface area is 136 Å². The normalized spacial score (nSPS) is 6.50. The molecule has 88 valence electrons. The van der Waals surface area contributed by atoms with Gasteiger partial charge in [0.25, 0.3) is 5.97 Å². The Morgan fingerprint density at radius 3 is 1.06 bits per heavy atom. The molecule has 0 bridgehead atoms. The molecule has 0 aromatic rings. The van der Waals surface area contributed by atoms with E-state index in [0.717, 1.165) is 13.8 Å². The largest absolute Gasteiger partial charge is 1.00 e. The third kappa shape index (κ3) is 161. The van der Waals surface area contributed by atoms with E-state index in [-0.39, 0.29) is 51.4 Å². The van der Waals surface area contributed by atoms with Crippen LogP contribution in [0.25, 0.3) is 0 Å². The molecule has 0 heterocycles. The minimum absolute atomic E-state index is 0. The van der Waals surface area contributed by atoms with E-state index in [9.17, 15) is 9.59 Å². The summed E-state index contributed by atoms with van der Waals surface area (Å²) >= 11 is 0. The summed E-state index contributed by atoms with van der Waals surface area (Å²) in [6.07, 6.45) is 0. The summed E-state index contributed by atoms with van der Waals surface area (Å²) in [7, 11) is 0. The molecule has 1 N–H and O–H groups in total. The summed E-state index contributed by atoms with van der Waals surface area (Å²) < 4.78 is 3.97. The second kappa shape index (κ2) is 17.1. The van der Waals surface area contributed by atoms with Gasteiger partial charge in [-0.05, 0) is 6.92 Å². The van der Waals surface area contributed by atoms with Crippen LogP contribution in [0.15, 0.2) is 0 Å². The summed E-state index contributed by atoms with van der Waals surface area (Å²) in [6.45, 7) is 4.42. The van der Waals surface area contributed by atoms with E-state index >= 15 is 0 Å². The van der Waals surface area contributed by atoms with Gasteiger partial charge in [0.2, 0.25) is 0 Å². The molecule has 0 aliphatic heterocycles. The van der Waals surface area contributed by atoms with E-state index in [1.165, 1.54) is 13.8 Å². The van der Waals surface area contributed by atoms with Gasteiger partial charge in [-0.1, -0.05) is 0 Å². The smallest absolute Gasteiger partial charge is 0.550 e. The molecule has 0 saturated heterocycles. The first-order chi connectivity index (χ1) is 6.59. The molecule has 8 heteroatoms. The maximum atomic E-state index is 9.81. The van der Waals surface area contributed by atoms with E-state index in [4.69, 9.17) is 19.8 Å². The number of hydrogen-bond donors (Lipinski definition) is 1. The van der Waals surface area contributed by atoms with Gasteiger partial charge in [0.15, 0.2) is 0 Å². The zero-order valence-electron chi connectivity index (χ0n) is 9.90. The van der Waals surface area contributed by atoms with Crippen LogP contribution in [-0.2, 0) is 23.9 Å². The topological polar surface area (TPSA) is 121 Å². The molecule has 0 unspecified atom stereocenters. The van der Waals surface area contributed by atoms with Gasteiger partial charge >= 0.3 is 63.3 Å². The van der Waals surface area contributed by atoms with Crippen molar-refractivity contribution in [3.8, 4) is 0 Å². The molecule has 16 heavy (non-hydrogen) atoms. The maximum Gasteiger partial charge on any atom is 1.00 e. The van der Waals surface area contributed by atoms with Crippen molar-refractivity contribution in [1.82, 2.24) is 0 Å². The number of esters is 2. The van der Waals surface area contributed by atoms with Crippen molar-refractivity contribution in [3.05, 3.63) is 0 Å². The number of carbonyl (C=O) groups is 4. The van der Waals surface area contributed by atoms with Crippen LogP contribution in [0.5, 0.6) is 0 Å². The third-order valence-corrected chi connectivity index (χ3v) is 0.287. The minimum Gasteiger partial charge on any atom is -0.550 e. The molecule has 0 atom stereocenters. The monoisotopic (exact) mass is 260 g/mol. The van der Waals surface area contributed by atoms with Crippen molar-refractivity contribution in [2.45, 2.75) is 27.7 Å². The van der Waals surface area contributed by atoms with Gasteiger partial charge < -0.3 is 19.7 Å². The van der Waals surface area contributed by atoms with Crippen molar-refractivity contribution < 1.29 is 85.5 Å². The zero-order valence-corrected chi connectivity index (χ0v) is 13.0. The summed E-state index contributed by atoms with van der Waals surface area (Å²) in [5.74, 6) is -3.04. The Morgan fingerprint density at radius 2 is 1.06 bits per heavy atom. The van der Waals surface area contributed by atoms with Crippen LogP contribution in [0.2, 0.25) is 0 Å². The van der Waals surface area contributed by atoms with Crippen LogP contribution in [0, 0.1) is 0 Å². The quantitative estimate of drug-likeness (QED) is 0.267. The molecule has 0 aromatic heterocycles. The van der Waals surface area contributed by atoms with Crippen molar-refractivity contribution in [3.63, 3.8) is 0 Å². The predicted octanol–water partition coefficient (Wildman–Crippen LogP) is -4.05. The van der Waals surface area contributed by atoms with Crippen LogP contribution in [0.1, 0.15) is 27.7 Å². The second-order valence-corrected chi connectivity index (χ2v) is 2.10. The van der Waals surface area contributed by atoms with E-state index in [1.807, 2.05) is 0 Å². The number of carbonyl (C=O) groups excluding carboxylic acids is 3. The molecule has 0 spiro atoms. The fourth-order valence-corrected chi connectivity index (χ4v) is 0.202. The van der Waals surface area contributed by atoms with E-state index < -0.39 is 23.9 Å². The number of aliphatic carboxylic acids is 2. The van der Waals surface area contributed by atoms with Crippen molar-refractivity contribution >= 4 is 23.9 Å². The van der Waals surface area contributed by atoms with Gasteiger partial charge in [-0.15, -0.1) is 0 Å². The third-order valence-electron chi connectivity index (χ3n) is 0.287. The van der Waals surface area contributed by atoms with Gasteiger partial charge in [0.1, 0.15) is 0 Å². The summed E-state index contributed by atoms with van der Waals surface area (Å²) in [5, 5.41) is 16.3. The van der Waals surface area contributed by atoms with Gasteiger partial charge in [-0.2, -0.15) is 0 Å². The zero-order chi connectivity index (χ0) is 13.0. The Kier molecular flexibility index (Phi) is 26.5. The van der Waals surface area contributed by atoms with Crippen LogP contribution >= 0.6 is 0 Å². The van der Waals surface area contributed by atoms with Crippen LogP contribution in [-0.4, -0.2) is 29.0 Å². The molecule has 0 aliphatic rings. The Bertz CT molecular complexity index is 205. The fourth-order valence-electron chi connectivity index (χ4n) is 0.202. The second-order valence-electron chi connectivity index (χ2n) is 2.10. The molecular weight excluding hydrogens is 247 g/mol. The summed E-state index contributed by atoms with van der Waals surface area (Å²) in [6, 6.07) is 0. The Balaban J connectivity index is -0.0000000700. The first kappa shape index (κ1) is 24.8. The van der Waals surface area contributed by atoms with Crippen molar-refractivity contribution in [1.29, 1.82) is 0 Å². The van der Waals surface area contributed by atoms with Crippen molar-refractivity contribution in [2.75, 3.05) is 0 Å². The number of hydrogen-bond acceptors (Lipinski definition) is 6. The summed E-state index contributed by atoms with van der Waals surface area (Å²) in [4.78, 5) is 37.5. The number of carboxylic acid groups (broad SMARTS) is 2. The molecule has 0 radical (unpaired) electrons. The van der Waals surface area contributed by atoms with Crippen LogP contribution in [0.4, 0.5) is 0 Å². The number of carboxylic acids is 2. The Hall–Kier alpha value is -0.284. The van der Waals surface area contributed by atoms with Gasteiger partial charge in [-0.3, -0.25) is 14.4 Å². The molecular formula is C8H13KO7. The van der Waals surface area contributed by atoms with Crippen molar-refractivity contribution in [2.24, 2.45) is 0 Å². The summed E-state index contributed by atoms with van der Waals surface area (Å²) in [5.41, 5.74) is 0. The average molecular weight is 260 g/mol. The molecule has 7 nitrogen and oxygen atoms in total. The SMILES string of the molecule is CC(=O)O.CC(=O)OC(C)=O.CC(=O)[O-].[K+]. The molecule has 0 fully saturated rings. The average Bonchev–Trinajstić information content (AvgIpc) is 1.78. The standard InChI is InChI=1S/C4H6O3.2C2H4O2.K/c1-3(5)7-4(2)6;2*1-2(3)4;/h1-2H3;2*1H3,(H,3,4);/q;;;+1/p-1. The molecule has 0 aromatic carbocycles. The minimum atomic E-state index is -1.08. The van der Waals surface area contributed by atoms with Gasteiger partial charge in [0.05, 0.1) is 0 Å². The first-order valence-electron chi connectivity index (χ1n) is 3.65. The fraction of sp³-hybridized carbons (Fsp3) is 0.500. The molecule has 0 aliphatic carbocycles. The van der Waals surface area contributed by atoms with E-state index in [2.05, 4.69) is 4.74 Å². The van der Waals surface area contributed by atoms with Crippen LogP contribution < -0.4 is 56.5 Å².